The molecule has 1 aliphatic heterocycles. The molecule has 1 heterocycles. The van der Waals surface area contributed by atoms with E-state index in [-0.39, 0.29) is 0 Å². The number of likely N-dealkylation sites (N-methyl/N-ethyl adjacent to an activating group) is 1. The fourth-order valence-corrected chi connectivity index (χ4v) is 4.09. The number of rotatable bonds is 9. The van der Waals surface area contributed by atoms with Crippen LogP contribution in [-0.2, 0) is 13.2 Å². The molecule has 0 amide bonds. The van der Waals surface area contributed by atoms with Crippen molar-refractivity contribution in [3.05, 3.63) is 57.6 Å². The molecule has 2 aromatic rings. The third-order valence-corrected chi connectivity index (χ3v) is 5.73. The highest BCUT2D eigenvalue weighted by Gasteiger charge is 2.22. The Morgan fingerprint density at radius 2 is 1.93 bits per heavy atom. The van der Waals surface area contributed by atoms with Crippen molar-refractivity contribution in [3.8, 4) is 11.5 Å². The maximum atomic E-state index is 6.49. The van der Waals surface area contributed by atoms with Gasteiger partial charge in [0, 0.05) is 24.2 Å². The van der Waals surface area contributed by atoms with Crippen LogP contribution in [0.15, 0.2) is 36.4 Å². The van der Waals surface area contributed by atoms with Crippen LogP contribution in [0, 0.1) is 0 Å². The van der Waals surface area contributed by atoms with E-state index in [0.29, 0.717) is 34.2 Å². The number of nitrogens with zero attached hydrogens (tertiary/aromatic N) is 1. The lowest BCUT2D eigenvalue weighted by atomic mass is 10.1. The molecule has 0 unspecified atom stereocenters. The van der Waals surface area contributed by atoms with Gasteiger partial charge in [0.05, 0.1) is 12.1 Å². The Balaban J connectivity index is 1.59. The van der Waals surface area contributed by atoms with Gasteiger partial charge in [-0.15, -0.1) is 0 Å². The van der Waals surface area contributed by atoms with Crippen LogP contribution >= 0.6 is 23.2 Å². The minimum atomic E-state index is 0.402. The van der Waals surface area contributed by atoms with Gasteiger partial charge in [-0.25, -0.2) is 0 Å². The van der Waals surface area contributed by atoms with E-state index in [4.69, 9.17) is 32.7 Å². The van der Waals surface area contributed by atoms with E-state index in [1.165, 1.54) is 19.4 Å². The standard InChI is InChI=1S/C22H28Cl2N2O2/c1-3-26-10-4-5-19(26)14-25-13-17-11-20(24)22(21(12-17)27-2)28-15-16-6-8-18(23)9-7-16/h6-9,11-12,19,25H,3-5,10,13-15H2,1-2H3/t19-/m1/s1. The lowest BCUT2D eigenvalue weighted by molar-refractivity contribution is 0.260. The number of nitrogens with one attached hydrogen (secondary N) is 1. The van der Waals surface area contributed by atoms with Gasteiger partial charge in [-0.1, -0.05) is 42.3 Å². The van der Waals surface area contributed by atoms with E-state index in [9.17, 15) is 0 Å². The second-order valence-corrected chi connectivity index (χ2v) is 7.92. The van der Waals surface area contributed by atoms with Crippen molar-refractivity contribution >= 4 is 23.2 Å². The molecule has 0 spiro atoms. The first-order chi connectivity index (χ1) is 13.6. The highest BCUT2D eigenvalue weighted by molar-refractivity contribution is 6.32. The maximum absolute atomic E-state index is 6.49. The molecule has 2 aromatic carbocycles. The number of benzene rings is 2. The zero-order chi connectivity index (χ0) is 19.9. The summed E-state index contributed by atoms with van der Waals surface area (Å²) in [4.78, 5) is 2.54. The fraction of sp³-hybridized carbons (Fsp3) is 0.455. The highest BCUT2D eigenvalue weighted by atomic mass is 35.5. The lowest BCUT2D eigenvalue weighted by Crippen LogP contribution is -2.37. The van der Waals surface area contributed by atoms with Crippen LogP contribution in [0.1, 0.15) is 30.9 Å². The summed E-state index contributed by atoms with van der Waals surface area (Å²) in [7, 11) is 1.63. The van der Waals surface area contributed by atoms with Crippen molar-refractivity contribution in [2.24, 2.45) is 0 Å². The largest absolute Gasteiger partial charge is 0.493 e. The van der Waals surface area contributed by atoms with Crippen molar-refractivity contribution in [1.82, 2.24) is 10.2 Å². The zero-order valence-electron chi connectivity index (χ0n) is 16.5. The summed E-state index contributed by atoms with van der Waals surface area (Å²) in [5.74, 6) is 1.21. The van der Waals surface area contributed by atoms with Crippen LogP contribution in [0.2, 0.25) is 10.0 Å². The van der Waals surface area contributed by atoms with Crippen LogP contribution < -0.4 is 14.8 Å². The van der Waals surface area contributed by atoms with E-state index in [1.807, 2.05) is 36.4 Å². The molecule has 6 heteroatoms. The average molecular weight is 423 g/mol. The van der Waals surface area contributed by atoms with Crippen LogP contribution in [0.5, 0.6) is 11.5 Å². The van der Waals surface area contributed by atoms with E-state index in [1.54, 1.807) is 7.11 Å². The van der Waals surface area contributed by atoms with Gasteiger partial charge < -0.3 is 14.8 Å². The number of likely N-dealkylation sites (tertiary alicyclic amines) is 1. The average Bonchev–Trinajstić information content (AvgIpc) is 3.15. The molecule has 3 rings (SSSR count). The van der Waals surface area contributed by atoms with Gasteiger partial charge in [0.1, 0.15) is 6.61 Å². The highest BCUT2D eigenvalue weighted by Crippen LogP contribution is 2.37. The molecule has 0 aromatic heterocycles. The Labute approximate surface area is 177 Å². The third kappa shape index (κ3) is 5.54. The summed E-state index contributed by atoms with van der Waals surface area (Å²) in [5.41, 5.74) is 2.10. The molecule has 28 heavy (non-hydrogen) atoms. The van der Waals surface area contributed by atoms with Crippen molar-refractivity contribution in [2.75, 3.05) is 26.7 Å². The molecular weight excluding hydrogens is 395 g/mol. The summed E-state index contributed by atoms with van der Waals surface area (Å²) in [6.07, 6.45) is 2.56. The number of hydrogen-bond acceptors (Lipinski definition) is 4. The lowest BCUT2D eigenvalue weighted by Gasteiger charge is -2.23. The topological polar surface area (TPSA) is 33.7 Å². The smallest absolute Gasteiger partial charge is 0.180 e. The second kappa shape index (κ2) is 10.4. The normalized spacial score (nSPS) is 17.1. The first kappa shape index (κ1) is 21.3. The second-order valence-electron chi connectivity index (χ2n) is 7.08. The maximum Gasteiger partial charge on any atom is 0.180 e. The van der Waals surface area contributed by atoms with E-state index in [2.05, 4.69) is 17.1 Å². The minimum absolute atomic E-state index is 0.402. The molecule has 0 radical (unpaired) electrons. The van der Waals surface area contributed by atoms with Crippen molar-refractivity contribution < 1.29 is 9.47 Å². The van der Waals surface area contributed by atoms with Gasteiger partial charge in [-0.3, -0.25) is 4.90 Å². The first-order valence-corrected chi connectivity index (χ1v) is 10.5. The predicted molar refractivity (Wildman–Crippen MR) is 116 cm³/mol. The Morgan fingerprint density at radius 1 is 1.14 bits per heavy atom. The van der Waals surface area contributed by atoms with E-state index in [0.717, 1.165) is 30.8 Å². The minimum Gasteiger partial charge on any atom is -0.493 e. The Bertz CT molecular complexity index is 768. The molecule has 1 fully saturated rings. The Morgan fingerprint density at radius 3 is 2.64 bits per heavy atom. The van der Waals surface area contributed by atoms with Crippen LogP contribution in [0.25, 0.3) is 0 Å². The Kier molecular flexibility index (Phi) is 7.86. The Hall–Kier alpha value is -1.46. The first-order valence-electron chi connectivity index (χ1n) is 9.79. The molecule has 0 bridgehead atoms. The van der Waals surface area contributed by atoms with Gasteiger partial charge in [0.25, 0.3) is 0 Å². The molecule has 152 valence electrons. The monoisotopic (exact) mass is 422 g/mol. The molecule has 0 saturated carbocycles. The summed E-state index contributed by atoms with van der Waals surface area (Å²) in [6, 6.07) is 12.1. The molecule has 1 aliphatic rings. The summed E-state index contributed by atoms with van der Waals surface area (Å²) >= 11 is 12.4. The van der Waals surface area contributed by atoms with Crippen molar-refractivity contribution in [3.63, 3.8) is 0 Å². The summed E-state index contributed by atoms with van der Waals surface area (Å²) < 4.78 is 11.4. The van der Waals surface area contributed by atoms with E-state index >= 15 is 0 Å². The molecule has 1 atom stereocenters. The quantitative estimate of drug-likeness (QED) is 0.605. The third-order valence-electron chi connectivity index (χ3n) is 5.20. The summed E-state index contributed by atoms with van der Waals surface area (Å²) in [6.45, 7) is 6.70. The zero-order valence-corrected chi connectivity index (χ0v) is 18.0. The van der Waals surface area contributed by atoms with Crippen molar-refractivity contribution in [1.29, 1.82) is 0 Å². The number of halogens is 2. The van der Waals surface area contributed by atoms with Gasteiger partial charge in [-0.2, -0.15) is 0 Å². The number of hydrogen-bond donors (Lipinski definition) is 1. The fourth-order valence-electron chi connectivity index (χ4n) is 3.68. The van der Waals surface area contributed by atoms with Crippen LogP contribution in [0.3, 0.4) is 0 Å². The summed E-state index contributed by atoms with van der Waals surface area (Å²) in [5, 5.41) is 4.82. The van der Waals surface area contributed by atoms with Gasteiger partial charge in [0.15, 0.2) is 11.5 Å². The van der Waals surface area contributed by atoms with Crippen molar-refractivity contribution in [2.45, 2.75) is 39.0 Å². The van der Waals surface area contributed by atoms with Gasteiger partial charge in [0.2, 0.25) is 0 Å². The van der Waals surface area contributed by atoms with Gasteiger partial charge in [-0.05, 0) is 61.3 Å². The molecule has 1 saturated heterocycles. The van der Waals surface area contributed by atoms with Crippen LogP contribution in [0.4, 0.5) is 0 Å². The number of ether oxygens (including phenoxy) is 2. The molecular formula is C22H28Cl2N2O2. The van der Waals surface area contributed by atoms with Gasteiger partial charge >= 0.3 is 0 Å². The molecule has 0 aliphatic carbocycles. The molecule has 4 nitrogen and oxygen atoms in total. The molecule has 1 N–H and O–H groups in total. The SMILES string of the molecule is CCN1CCC[C@@H]1CNCc1cc(Cl)c(OCc2ccc(Cl)cc2)c(OC)c1. The predicted octanol–water partition coefficient (Wildman–Crippen LogP) is 5.15. The van der Waals surface area contributed by atoms with Crippen LogP contribution in [-0.4, -0.2) is 37.7 Å². The van der Waals surface area contributed by atoms with E-state index < -0.39 is 0 Å². The number of methoxy groups -OCH3 is 1.